The van der Waals surface area contributed by atoms with Gasteiger partial charge in [0.1, 0.15) is 11.6 Å². The number of nitrogens with zero attached hydrogens (tertiary/aromatic N) is 1. The van der Waals surface area contributed by atoms with Crippen LogP contribution >= 0.6 is 0 Å². The van der Waals surface area contributed by atoms with Gasteiger partial charge < -0.3 is 15.2 Å². The maximum atomic E-state index is 10.7. The fourth-order valence-corrected chi connectivity index (χ4v) is 1.65. The highest BCUT2D eigenvalue weighted by Crippen LogP contribution is 2.27. The first-order valence-corrected chi connectivity index (χ1v) is 5.16. The van der Waals surface area contributed by atoms with Gasteiger partial charge in [-0.1, -0.05) is 19.9 Å². The van der Waals surface area contributed by atoms with Crippen LogP contribution in [0.5, 0.6) is 0 Å². The van der Waals surface area contributed by atoms with Crippen LogP contribution in [-0.4, -0.2) is 36.9 Å². The second-order valence-corrected chi connectivity index (χ2v) is 4.36. The number of morpholine rings is 1. The second kappa shape index (κ2) is 5.10. The number of hydrogen-bond donors (Lipinski definition) is 2. The van der Waals surface area contributed by atoms with Gasteiger partial charge in [-0.2, -0.15) is 5.26 Å². The summed E-state index contributed by atoms with van der Waals surface area (Å²) in [4.78, 5) is 10.7. The first kappa shape index (κ1) is 12.7. The molecule has 0 aromatic heterocycles. The van der Waals surface area contributed by atoms with E-state index in [1.807, 2.05) is 13.8 Å². The van der Waals surface area contributed by atoms with E-state index in [1.54, 1.807) is 6.07 Å². The molecule has 0 radical (unpaired) electrons. The summed E-state index contributed by atoms with van der Waals surface area (Å²) < 4.78 is 5.56. The van der Waals surface area contributed by atoms with Gasteiger partial charge in [0.05, 0.1) is 12.7 Å². The summed E-state index contributed by atoms with van der Waals surface area (Å²) in [6.07, 6.45) is 1.36. The van der Waals surface area contributed by atoms with E-state index in [4.69, 9.17) is 15.1 Å². The van der Waals surface area contributed by atoms with Crippen LogP contribution in [0.1, 0.15) is 13.8 Å². The Morgan fingerprint density at radius 1 is 1.69 bits per heavy atom. The van der Waals surface area contributed by atoms with Crippen molar-refractivity contribution < 1.29 is 14.6 Å². The molecule has 1 heterocycles. The van der Waals surface area contributed by atoms with Crippen LogP contribution < -0.4 is 5.32 Å². The molecule has 5 nitrogen and oxygen atoms in total. The Morgan fingerprint density at radius 3 is 2.81 bits per heavy atom. The van der Waals surface area contributed by atoms with Crippen molar-refractivity contribution in [2.45, 2.75) is 20.0 Å². The topological polar surface area (TPSA) is 82.4 Å². The molecule has 88 valence electrons. The lowest BCUT2D eigenvalue weighted by atomic mass is 9.84. The van der Waals surface area contributed by atoms with Crippen molar-refractivity contribution in [3.8, 4) is 6.07 Å². The molecule has 1 atom stereocenters. The lowest BCUT2D eigenvalue weighted by Crippen LogP contribution is -2.46. The molecule has 1 aliphatic heterocycles. The molecule has 0 amide bonds. The molecule has 0 bridgehead atoms. The minimum atomic E-state index is -1.20. The monoisotopic (exact) mass is 224 g/mol. The lowest BCUT2D eigenvalue weighted by Gasteiger charge is -2.35. The van der Waals surface area contributed by atoms with Gasteiger partial charge in [0.25, 0.3) is 0 Å². The van der Waals surface area contributed by atoms with Gasteiger partial charge in [-0.05, 0) is 0 Å². The van der Waals surface area contributed by atoms with E-state index in [9.17, 15) is 4.79 Å². The van der Waals surface area contributed by atoms with Gasteiger partial charge in [-0.25, -0.2) is 4.79 Å². The van der Waals surface area contributed by atoms with Crippen molar-refractivity contribution in [2.75, 3.05) is 19.7 Å². The van der Waals surface area contributed by atoms with Crippen molar-refractivity contribution in [2.24, 2.45) is 5.41 Å². The summed E-state index contributed by atoms with van der Waals surface area (Å²) in [5, 5.41) is 20.7. The standard InChI is InChI=1S/C11H16N2O3/c1-11(2,5-8(6-12)10(14)15)9-7-13-3-4-16-9/h5,9,13H,3-4,7H2,1-2H3,(H,14,15). The number of carboxylic acid groups (broad SMARTS) is 1. The molecule has 1 saturated heterocycles. The van der Waals surface area contributed by atoms with Crippen LogP contribution in [0, 0.1) is 16.7 Å². The van der Waals surface area contributed by atoms with Crippen LogP contribution in [0.25, 0.3) is 0 Å². The molecule has 1 rings (SSSR count). The molecule has 0 aliphatic carbocycles. The zero-order chi connectivity index (χ0) is 12.2. The van der Waals surface area contributed by atoms with Gasteiger partial charge in [0.15, 0.2) is 0 Å². The van der Waals surface area contributed by atoms with Crippen molar-refractivity contribution in [3.63, 3.8) is 0 Å². The third-order valence-electron chi connectivity index (χ3n) is 2.62. The molecular formula is C11H16N2O3. The Morgan fingerprint density at radius 2 is 2.38 bits per heavy atom. The fourth-order valence-electron chi connectivity index (χ4n) is 1.65. The van der Waals surface area contributed by atoms with E-state index >= 15 is 0 Å². The summed E-state index contributed by atoms with van der Waals surface area (Å²) in [6.45, 7) is 5.81. The number of carbonyl (C=O) groups is 1. The SMILES string of the molecule is CC(C)(C=C(C#N)C(=O)O)C1CNCCO1. The number of nitrogens with one attached hydrogen (secondary N) is 1. The molecule has 1 fully saturated rings. The van der Waals surface area contributed by atoms with Crippen molar-refractivity contribution in [1.82, 2.24) is 5.32 Å². The molecular weight excluding hydrogens is 208 g/mol. The average Bonchev–Trinajstić information content (AvgIpc) is 2.27. The van der Waals surface area contributed by atoms with Gasteiger partial charge in [-0.3, -0.25) is 0 Å². The summed E-state index contributed by atoms with van der Waals surface area (Å²) in [6, 6.07) is 1.68. The molecule has 5 heteroatoms. The van der Waals surface area contributed by atoms with Gasteiger partial charge in [-0.15, -0.1) is 0 Å². The second-order valence-electron chi connectivity index (χ2n) is 4.36. The largest absolute Gasteiger partial charge is 0.477 e. The van der Waals surface area contributed by atoms with Crippen molar-refractivity contribution in [1.29, 1.82) is 5.26 Å². The zero-order valence-electron chi connectivity index (χ0n) is 9.49. The fraction of sp³-hybridized carbons (Fsp3) is 0.636. The van der Waals surface area contributed by atoms with Crippen molar-refractivity contribution >= 4 is 5.97 Å². The summed E-state index contributed by atoms with van der Waals surface area (Å²) >= 11 is 0. The number of nitriles is 1. The maximum Gasteiger partial charge on any atom is 0.346 e. The molecule has 0 aromatic carbocycles. The minimum Gasteiger partial charge on any atom is -0.477 e. The molecule has 0 spiro atoms. The van der Waals surface area contributed by atoms with Gasteiger partial charge in [0.2, 0.25) is 0 Å². The predicted octanol–water partition coefficient (Wildman–Crippen LogP) is 0.536. The smallest absolute Gasteiger partial charge is 0.346 e. The van der Waals surface area contributed by atoms with E-state index in [-0.39, 0.29) is 11.7 Å². The summed E-state index contributed by atoms with van der Waals surface area (Å²) in [7, 11) is 0. The Labute approximate surface area is 94.7 Å². The van der Waals surface area contributed by atoms with Gasteiger partial charge in [0, 0.05) is 18.5 Å². The van der Waals surface area contributed by atoms with Crippen LogP contribution in [-0.2, 0) is 9.53 Å². The molecule has 2 N–H and O–H groups in total. The number of aliphatic carboxylic acids is 1. The summed E-state index contributed by atoms with van der Waals surface area (Å²) in [5.74, 6) is -1.20. The van der Waals surface area contributed by atoms with Crippen molar-refractivity contribution in [3.05, 3.63) is 11.6 Å². The number of hydrogen-bond acceptors (Lipinski definition) is 4. The highest BCUT2D eigenvalue weighted by molar-refractivity contribution is 5.91. The van der Waals surface area contributed by atoms with Crippen LogP contribution in [0.15, 0.2) is 11.6 Å². The Bertz CT molecular complexity index is 336. The predicted molar refractivity (Wildman–Crippen MR) is 57.7 cm³/mol. The number of carboxylic acids is 1. The molecule has 1 aliphatic rings. The van der Waals surface area contributed by atoms with E-state index in [1.165, 1.54) is 6.08 Å². The highest BCUT2D eigenvalue weighted by Gasteiger charge is 2.31. The van der Waals surface area contributed by atoms with E-state index in [0.29, 0.717) is 13.2 Å². The maximum absolute atomic E-state index is 10.7. The first-order chi connectivity index (χ1) is 7.47. The molecule has 16 heavy (non-hydrogen) atoms. The van der Waals surface area contributed by atoms with Gasteiger partial charge >= 0.3 is 5.97 Å². The molecule has 1 unspecified atom stereocenters. The third-order valence-corrected chi connectivity index (χ3v) is 2.62. The number of ether oxygens (including phenoxy) is 1. The Balaban J connectivity index is 2.83. The minimum absolute atomic E-state index is 0.107. The van der Waals surface area contributed by atoms with E-state index in [2.05, 4.69) is 5.32 Å². The van der Waals surface area contributed by atoms with Crippen LogP contribution in [0.3, 0.4) is 0 Å². The first-order valence-electron chi connectivity index (χ1n) is 5.16. The molecule has 0 saturated carbocycles. The number of rotatable bonds is 3. The van der Waals surface area contributed by atoms with E-state index < -0.39 is 11.4 Å². The normalized spacial score (nSPS) is 22.6. The highest BCUT2D eigenvalue weighted by atomic mass is 16.5. The average molecular weight is 224 g/mol. The molecule has 0 aromatic rings. The lowest BCUT2D eigenvalue weighted by molar-refractivity contribution is -0.132. The zero-order valence-corrected chi connectivity index (χ0v) is 9.49. The summed E-state index contributed by atoms with van der Waals surface area (Å²) in [5.41, 5.74) is -0.712. The Hall–Kier alpha value is -1.38. The van der Waals surface area contributed by atoms with Crippen LogP contribution in [0.4, 0.5) is 0 Å². The third kappa shape index (κ3) is 3.05. The quantitative estimate of drug-likeness (QED) is 0.540. The van der Waals surface area contributed by atoms with E-state index in [0.717, 1.165) is 6.54 Å². The Kier molecular flexibility index (Phi) is 4.05. The van der Waals surface area contributed by atoms with Crippen LogP contribution in [0.2, 0.25) is 0 Å².